The van der Waals surface area contributed by atoms with E-state index in [1.807, 2.05) is 6.07 Å². The van der Waals surface area contributed by atoms with Crippen molar-refractivity contribution in [3.8, 4) is 0 Å². The molecule has 1 aromatic carbocycles. The predicted octanol–water partition coefficient (Wildman–Crippen LogP) is 3.35. The van der Waals surface area contributed by atoms with Gasteiger partial charge in [-0.25, -0.2) is 4.98 Å². The third-order valence-corrected chi connectivity index (χ3v) is 6.03. The van der Waals surface area contributed by atoms with E-state index in [0.717, 1.165) is 24.9 Å². The fraction of sp³-hybridized carbons (Fsp3) is 0.450. The molecule has 3 heterocycles. The number of hydrogen-bond acceptors (Lipinski definition) is 6. The highest BCUT2D eigenvalue weighted by molar-refractivity contribution is 7.99. The maximum absolute atomic E-state index is 12.9. The summed E-state index contributed by atoms with van der Waals surface area (Å²) in [7, 11) is 0. The Kier molecular flexibility index (Phi) is 6.13. The SMILES string of the molecule is O=C(c1ccccc1SC(F)F)N1CCN(c2ccnc(N3CCCC3)n2)CC1. The van der Waals surface area contributed by atoms with Gasteiger partial charge in [0.15, 0.2) is 0 Å². The van der Waals surface area contributed by atoms with Crippen LogP contribution in [-0.4, -0.2) is 65.8 Å². The summed E-state index contributed by atoms with van der Waals surface area (Å²) in [5.74, 6) is -1.13. The zero-order chi connectivity index (χ0) is 20.2. The third kappa shape index (κ3) is 4.60. The van der Waals surface area contributed by atoms with Crippen LogP contribution < -0.4 is 9.80 Å². The maximum Gasteiger partial charge on any atom is 0.288 e. The van der Waals surface area contributed by atoms with Gasteiger partial charge in [0.25, 0.3) is 11.7 Å². The molecule has 1 amide bonds. The number of rotatable bonds is 5. The zero-order valence-corrected chi connectivity index (χ0v) is 16.8. The van der Waals surface area contributed by atoms with Gasteiger partial charge in [0, 0.05) is 50.4 Å². The number of anilines is 2. The summed E-state index contributed by atoms with van der Waals surface area (Å²) in [4.78, 5) is 28.4. The van der Waals surface area contributed by atoms with E-state index < -0.39 is 5.76 Å². The van der Waals surface area contributed by atoms with E-state index >= 15 is 0 Å². The summed E-state index contributed by atoms with van der Waals surface area (Å²) >= 11 is 0.416. The van der Waals surface area contributed by atoms with Crippen LogP contribution in [0, 0.1) is 0 Å². The zero-order valence-electron chi connectivity index (χ0n) is 16.0. The quantitative estimate of drug-likeness (QED) is 0.693. The van der Waals surface area contributed by atoms with Gasteiger partial charge in [-0.15, -0.1) is 0 Å². The first-order valence-electron chi connectivity index (χ1n) is 9.78. The molecule has 0 bridgehead atoms. The monoisotopic (exact) mass is 419 g/mol. The van der Waals surface area contributed by atoms with Crippen LogP contribution in [0.3, 0.4) is 0 Å². The second-order valence-electron chi connectivity index (χ2n) is 7.06. The smallest absolute Gasteiger partial charge is 0.288 e. The highest BCUT2D eigenvalue weighted by Gasteiger charge is 2.26. The Morgan fingerprint density at radius 3 is 2.41 bits per heavy atom. The van der Waals surface area contributed by atoms with E-state index in [4.69, 9.17) is 4.98 Å². The summed E-state index contributed by atoms with van der Waals surface area (Å²) in [6.45, 7) is 4.31. The minimum absolute atomic E-state index is 0.200. The number of carbonyl (C=O) groups is 1. The number of thioether (sulfide) groups is 1. The van der Waals surface area contributed by atoms with E-state index in [1.165, 1.54) is 12.8 Å². The molecule has 0 atom stereocenters. The van der Waals surface area contributed by atoms with Gasteiger partial charge in [-0.05, 0) is 31.0 Å². The van der Waals surface area contributed by atoms with Gasteiger partial charge >= 0.3 is 0 Å². The van der Waals surface area contributed by atoms with E-state index in [0.29, 0.717) is 48.4 Å². The van der Waals surface area contributed by atoms with Crippen molar-refractivity contribution in [1.29, 1.82) is 0 Å². The van der Waals surface area contributed by atoms with E-state index in [-0.39, 0.29) is 5.91 Å². The molecule has 1 aromatic heterocycles. The average molecular weight is 420 g/mol. The molecule has 0 radical (unpaired) electrons. The van der Waals surface area contributed by atoms with Crippen molar-refractivity contribution in [2.24, 2.45) is 0 Å². The van der Waals surface area contributed by atoms with Crippen molar-refractivity contribution in [1.82, 2.24) is 14.9 Å². The molecular weight excluding hydrogens is 396 g/mol. The van der Waals surface area contributed by atoms with Gasteiger partial charge in [0.05, 0.1) is 5.56 Å². The highest BCUT2D eigenvalue weighted by Crippen LogP contribution is 2.29. The van der Waals surface area contributed by atoms with Gasteiger partial charge in [0.1, 0.15) is 5.82 Å². The standard InChI is InChI=1S/C20H23F2N5OS/c21-19(22)29-16-6-2-1-5-15(16)18(28)26-13-11-25(12-14-26)17-7-8-23-20(24-17)27-9-3-4-10-27/h1-2,5-8,19H,3-4,9-14H2. The van der Waals surface area contributed by atoms with Crippen molar-refractivity contribution in [2.75, 3.05) is 49.1 Å². The number of aromatic nitrogens is 2. The lowest BCUT2D eigenvalue weighted by atomic mass is 10.2. The predicted molar refractivity (Wildman–Crippen MR) is 110 cm³/mol. The molecule has 0 aliphatic carbocycles. The van der Waals surface area contributed by atoms with Gasteiger partial charge < -0.3 is 14.7 Å². The molecule has 9 heteroatoms. The van der Waals surface area contributed by atoms with Crippen molar-refractivity contribution >= 4 is 29.4 Å². The van der Waals surface area contributed by atoms with Crippen LogP contribution in [0.15, 0.2) is 41.4 Å². The third-order valence-electron chi connectivity index (χ3n) is 5.24. The topological polar surface area (TPSA) is 52.6 Å². The fourth-order valence-electron chi connectivity index (χ4n) is 3.74. The van der Waals surface area contributed by atoms with Crippen LogP contribution in [0.1, 0.15) is 23.2 Å². The molecule has 2 aliphatic heterocycles. The number of piperazine rings is 1. The lowest BCUT2D eigenvalue weighted by molar-refractivity contribution is 0.0743. The summed E-state index contributed by atoms with van der Waals surface area (Å²) < 4.78 is 25.6. The number of benzene rings is 1. The van der Waals surface area contributed by atoms with Crippen LogP contribution in [-0.2, 0) is 0 Å². The van der Waals surface area contributed by atoms with Crippen LogP contribution in [0.2, 0.25) is 0 Å². The Balaban J connectivity index is 1.41. The number of amides is 1. The second kappa shape index (κ2) is 8.94. The second-order valence-corrected chi connectivity index (χ2v) is 8.09. The van der Waals surface area contributed by atoms with Crippen molar-refractivity contribution in [2.45, 2.75) is 23.5 Å². The summed E-state index contributed by atoms with van der Waals surface area (Å²) in [6.07, 6.45) is 4.12. The van der Waals surface area contributed by atoms with Crippen LogP contribution in [0.25, 0.3) is 0 Å². The van der Waals surface area contributed by atoms with Crippen LogP contribution >= 0.6 is 11.8 Å². The van der Waals surface area contributed by atoms with Crippen LogP contribution in [0.4, 0.5) is 20.5 Å². The molecule has 2 aromatic rings. The Morgan fingerprint density at radius 1 is 0.966 bits per heavy atom. The minimum atomic E-state index is -2.55. The van der Waals surface area contributed by atoms with Gasteiger partial charge in [-0.2, -0.15) is 13.8 Å². The minimum Gasteiger partial charge on any atom is -0.353 e. The van der Waals surface area contributed by atoms with Crippen molar-refractivity contribution < 1.29 is 13.6 Å². The molecule has 4 rings (SSSR count). The molecule has 2 aliphatic rings. The Hall–Kier alpha value is -2.42. The molecule has 2 fully saturated rings. The maximum atomic E-state index is 12.9. The number of alkyl halides is 2. The molecule has 0 spiro atoms. The van der Waals surface area contributed by atoms with Gasteiger partial charge in [-0.1, -0.05) is 23.9 Å². The first kappa shape index (κ1) is 19.9. The van der Waals surface area contributed by atoms with E-state index in [2.05, 4.69) is 14.8 Å². The molecule has 29 heavy (non-hydrogen) atoms. The summed E-state index contributed by atoms with van der Waals surface area (Å²) in [5.41, 5.74) is 0.338. The molecule has 0 N–H and O–H groups in total. The molecule has 0 unspecified atom stereocenters. The lowest BCUT2D eigenvalue weighted by Crippen LogP contribution is -2.49. The number of carbonyl (C=O) groups excluding carboxylic acids is 1. The molecule has 2 saturated heterocycles. The molecule has 0 saturated carbocycles. The largest absolute Gasteiger partial charge is 0.353 e. The molecule has 6 nitrogen and oxygen atoms in total. The fourth-order valence-corrected chi connectivity index (χ4v) is 4.37. The Labute approximate surface area is 172 Å². The van der Waals surface area contributed by atoms with Crippen LogP contribution in [0.5, 0.6) is 0 Å². The number of hydrogen-bond donors (Lipinski definition) is 0. The first-order valence-corrected chi connectivity index (χ1v) is 10.7. The average Bonchev–Trinajstić information content (AvgIpc) is 3.29. The first-order chi connectivity index (χ1) is 14.1. The summed E-state index contributed by atoms with van der Waals surface area (Å²) in [6, 6.07) is 8.46. The molecular formula is C20H23F2N5OS. The number of nitrogens with zero attached hydrogens (tertiary/aromatic N) is 5. The summed E-state index contributed by atoms with van der Waals surface area (Å²) in [5, 5.41) is 0. The van der Waals surface area contributed by atoms with E-state index in [1.54, 1.807) is 35.4 Å². The highest BCUT2D eigenvalue weighted by atomic mass is 32.2. The molecule has 154 valence electrons. The Bertz CT molecular complexity index is 854. The Morgan fingerprint density at radius 2 is 1.69 bits per heavy atom. The van der Waals surface area contributed by atoms with E-state index in [9.17, 15) is 13.6 Å². The van der Waals surface area contributed by atoms with Gasteiger partial charge in [-0.3, -0.25) is 4.79 Å². The van der Waals surface area contributed by atoms with Gasteiger partial charge in [0.2, 0.25) is 5.95 Å². The number of halogens is 2. The lowest BCUT2D eigenvalue weighted by Gasteiger charge is -2.35. The van der Waals surface area contributed by atoms with Crippen molar-refractivity contribution in [3.05, 3.63) is 42.1 Å². The van der Waals surface area contributed by atoms with Crippen molar-refractivity contribution in [3.63, 3.8) is 0 Å². The normalized spacial score (nSPS) is 17.3.